The highest BCUT2D eigenvalue weighted by molar-refractivity contribution is 5.95. The summed E-state index contributed by atoms with van der Waals surface area (Å²) in [7, 11) is 1.81. The van der Waals surface area contributed by atoms with Crippen LogP contribution in [0.2, 0.25) is 0 Å². The average molecular weight is 366 g/mol. The van der Waals surface area contributed by atoms with Gasteiger partial charge in [-0.3, -0.25) is 9.48 Å². The Morgan fingerprint density at radius 1 is 1.30 bits per heavy atom. The molecule has 0 aliphatic carbocycles. The monoisotopic (exact) mass is 366 g/mol. The van der Waals surface area contributed by atoms with Crippen molar-refractivity contribution in [2.75, 3.05) is 31.1 Å². The van der Waals surface area contributed by atoms with Crippen molar-refractivity contribution in [3.05, 3.63) is 41.5 Å². The van der Waals surface area contributed by atoms with E-state index in [0.29, 0.717) is 43.4 Å². The summed E-state index contributed by atoms with van der Waals surface area (Å²) in [5.74, 6) is 1.12. The molecule has 0 unspecified atom stereocenters. The van der Waals surface area contributed by atoms with Crippen LogP contribution in [0.4, 0.5) is 5.88 Å². The predicted molar refractivity (Wildman–Crippen MR) is 95.0 cm³/mol. The lowest BCUT2D eigenvalue weighted by Crippen LogP contribution is -2.49. The second kappa shape index (κ2) is 6.64. The maximum Gasteiger partial charge on any atom is 0.266 e. The van der Waals surface area contributed by atoms with E-state index in [-0.39, 0.29) is 17.5 Å². The number of carbonyl (C=O) groups excluding carboxylic acids is 1. The molecule has 1 amide bonds. The highest BCUT2D eigenvalue weighted by Gasteiger charge is 2.28. The molecule has 1 aliphatic rings. The summed E-state index contributed by atoms with van der Waals surface area (Å²) in [6.07, 6.45) is 3.12. The van der Waals surface area contributed by atoms with Gasteiger partial charge in [-0.15, -0.1) is 0 Å². The van der Waals surface area contributed by atoms with Crippen LogP contribution in [0.1, 0.15) is 21.7 Å². The van der Waals surface area contributed by atoms with Gasteiger partial charge in [0.05, 0.1) is 18.0 Å². The molecule has 138 valence electrons. The smallest absolute Gasteiger partial charge is 0.266 e. The molecular weight excluding hydrogens is 348 g/mol. The van der Waals surface area contributed by atoms with Crippen LogP contribution in [-0.4, -0.2) is 51.8 Å². The maximum absolute atomic E-state index is 12.7. The number of nitriles is 1. The fourth-order valence-corrected chi connectivity index (χ4v) is 3.10. The molecule has 0 radical (unpaired) electrons. The van der Waals surface area contributed by atoms with Gasteiger partial charge in [0.25, 0.3) is 11.8 Å². The Morgan fingerprint density at radius 2 is 2.07 bits per heavy atom. The second-order valence-corrected chi connectivity index (χ2v) is 6.31. The summed E-state index contributed by atoms with van der Waals surface area (Å²) in [4.78, 5) is 20.6. The Bertz CT molecular complexity index is 1000. The molecule has 0 bridgehead atoms. The molecule has 4 rings (SSSR count). The Kier molecular flexibility index (Phi) is 4.16. The molecule has 9 heteroatoms. The number of oxazole rings is 1. The summed E-state index contributed by atoms with van der Waals surface area (Å²) in [5, 5.41) is 13.5. The number of anilines is 1. The number of nitrogens with zero attached hydrogens (tertiary/aromatic N) is 6. The molecule has 1 saturated heterocycles. The lowest BCUT2D eigenvalue weighted by atomic mass is 10.2. The summed E-state index contributed by atoms with van der Waals surface area (Å²) in [5.41, 5.74) is 1.67. The number of rotatable bonds is 3. The zero-order chi connectivity index (χ0) is 19.0. The third-order valence-electron chi connectivity index (χ3n) is 4.77. The van der Waals surface area contributed by atoms with E-state index in [1.807, 2.05) is 18.9 Å². The fraction of sp³-hybridized carbons (Fsp3) is 0.333. The largest absolute Gasteiger partial charge is 0.459 e. The van der Waals surface area contributed by atoms with Crippen LogP contribution in [0.5, 0.6) is 0 Å². The van der Waals surface area contributed by atoms with E-state index in [0.717, 1.165) is 5.69 Å². The minimum atomic E-state index is -0.0328. The van der Waals surface area contributed by atoms with Gasteiger partial charge in [0.1, 0.15) is 6.07 Å². The van der Waals surface area contributed by atoms with Crippen molar-refractivity contribution in [1.82, 2.24) is 19.7 Å². The number of aromatic nitrogens is 3. The van der Waals surface area contributed by atoms with Gasteiger partial charge in [-0.1, -0.05) is 0 Å². The predicted octanol–water partition coefficient (Wildman–Crippen LogP) is 1.81. The minimum absolute atomic E-state index is 0.0328. The molecule has 1 aliphatic heterocycles. The van der Waals surface area contributed by atoms with Crippen molar-refractivity contribution in [3.8, 4) is 17.7 Å². The van der Waals surface area contributed by atoms with Gasteiger partial charge in [-0.05, 0) is 19.1 Å². The van der Waals surface area contributed by atoms with E-state index in [1.54, 1.807) is 27.9 Å². The van der Waals surface area contributed by atoms with Crippen molar-refractivity contribution in [1.29, 1.82) is 5.26 Å². The van der Waals surface area contributed by atoms with E-state index in [4.69, 9.17) is 8.83 Å². The molecule has 0 N–H and O–H groups in total. The molecular formula is C18H18N6O3. The standard InChI is InChI=1S/C18H18N6O3/c1-12-13(11-20-22(12)2)17(25)23-5-7-24(8-6-23)18-14(10-19)21-16(27-18)15-4-3-9-26-15/h3-4,9,11H,5-8H2,1-2H3. The van der Waals surface area contributed by atoms with Crippen LogP contribution in [-0.2, 0) is 7.05 Å². The number of hydrogen-bond acceptors (Lipinski definition) is 7. The molecule has 0 spiro atoms. The van der Waals surface area contributed by atoms with Gasteiger partial charge in [0, 0.05) is 38.9 Å². The second-order valence-electron chi connectivity index (χ2n) is 6.31. The van der Waals surface area contributed by atoms with Gasteiger partial charge >= 0.3 is 0 Å². The quantitative estimate of drug-likeness (QED) is 0.696. The van der Waals surface area contributed by atoms with Gasteiger partial charge in [-0.25, -0.2) is 0 Å². The average Bonchev–Trinajstić information content (AvgIpc) is 3.42. The van der Waals surface area contributed by atoms with Crippen LogP contribution < -0.4 is 4.90 Å². The summed E-state index contributed by atoms with van der Waals surface area (Å²) >= 11 is 0. The molecule has 0 saturated carbocycles. The van der Waals surface area contributed by atoms with E-state index in [9.17, 15) is 10.1 Å². The van der Waals surface area contributed by atoms with Crippen LogP contribution >= 0.6 is 0 Å². The number of piperazine rings is 1. The molecule has 9 nitrogen and oxygen atoms in total. The third-order valence-corrected chi connectivity index (χ3v) is 4.77. The van der Waals surface area contributed by atoms with E-state index in [1.165, 1.54) is 6.26 Å². The zero-order valence-corrected chi connectivity index (χ0v) is 15.0. The van der Waals surface area contributed by atoms with Crippen LogP contribution in [0, 0.1) is 18.3 Å². The first-order valence-corrected chi connectivity index (χ1v) is 8.56. The molecule has 0 aromatic carbocycles. The van der Waals surface area contributed by atoms with Crippen molar-refractivity contribution in [2.24, 2.45) is 7.05 Å². The Labute approximate surface area is 155 Å². The molecule has 0 atom stereocenters. The van der Waals surface area contributed by atoms with Gasteiger partial charge in [-0.2, -0.15) is 15.3 Å². The molecule has 3 aromatic rings. The normalized spacial score (nSPS) is 14.4. The van der Waals surface area contributed by atoms with Crippen molar-refractivity contribution in [3.63, 3.8) is 0 Å². The van der Waals surface area contributed by atoms with Crippen molar-refractivity contribution < 1.29 is 13.6 Å². The zero-order valence-electron chi connectivity index (χ0n) is 15.0. The number of amides is 1. The lowest BCUT2D eigenvalue weighted by Gasteiger charge is -2.34. The Hall–Kier alpha value is -3.54. The molecule has 4 heterocycles. The van der Waals surface area contributed by atoms with Crippen molar-refractivity contribution >= 4 is 11.8 Å². The van der Waals surface area contributed by atoms with Gasteiger partial charge in [0.2, 0.25) is 11.6 Å². The minimum Gasteiger partial charge on any atom is -0.459 e. The maximum atomic E-state index is 12.7. The molecule has 27 heavy (non-hydrogen) atoms. The van der Waals surface area contributed by atoms with Gasteiger partial charge in [0.15, 0.2) is 5.76 Å². The fourth-order valence-electron chi connectivity index (χ4n) is 3.10. The van der Waals surface area contributed by atoms with E-state index >= 15 is 0 Å². The molecule has 3 aromatic heterocycles. The van der Waals surface area contributed by atoms with E-state index in [2.05, 4.69) is 16.2 Å². The van der Waals surface area contributed by atoms with Crippen LogP contribution in [0.25, 0.3) is 11.7 Å². The number of furan rings is 1. The summed E-state index contributed by atoms with van der Waals surface area (Å²) in [6.45, 7) is 4.02. The highest BCUT2D eigenvalue weighted by atomic mass is 16.4. The lowest BCUT2D eigenvalue weighted by molar-refractivity contribution is 0.0744. The third kappa shape index (κ3) is 2.95. The SMILES string of the molecule is Cc1c(C(=O)N2CCN(c3oc(-c4ccco4)nc3C#N)CC2)cnn1C. The van der Waals surface area contributed by atoms with Crippen LogP contribution in [0.15, 0.2) is 33.4 Å². The first-order chi connectivity index (χ1) is 13.1. The number of aryl methyl sites for hydroxylation is 1. The first-order valence-electron chi connectivity index (χ1n) is 8.56. The number of hydrogen-bond donors (Lipinski definition) is 0. The van der Waals surface area contributed by atoms with Gasteiger partial charge < -0.3 is 18.6 Å². The summed E-state index contributed by atoms with van der Waals surface area (Å²) in [6, 6.07) is 5.52. The van der Waals surface area contributed by atoms with Crippen molar-refractivity contribution in [2.45, 2.75) is 6.92 Å². The summed E-state index contributed by atoms with van der Waals surface area (Å²) < 4.78 is 12.7. The first kappa shape index (κ1) is 16.9. The Morgan fingerprint density at radius 3 is 2.67 bits per heavy atom. The molecule has 1 fully saturated rings. The van der Waals surface area contributed by atoms with Crippen LogP contribution in [0.3, 0.4) is 0 Å². The highest BCUT2D eigenvalue weighted by Crippen LogP contribution is 2.29. The topological polar surface area (TPSA) is 104 Å². The Balaban J connectivity index is 1.49. The van der Waals surface area contributed by atoms with E-state index < -0.39 is 0 Å². The number of carbonyl (C=O) groups is 1.